The van der Waals surface area contributed by atoms with Gasteiger partial charge in [0.15, 0.2) is 0 Å². The molecule has 0 atom stereocenters. The number of ether oxygens (including phenoxy) is 1. The van der Waals surface area contributed by atoms with Gasteiger partial charge in [-0.1, -0.05) is 29.3 Å². The van der Waals surface area contributed by atoms with Gasteiger partial charge in [0.2, 0.25) is 5.91 Å². The summed E-state index contributed by atoms with van der Waals surface area (Å²) < 4.78 is 4.93. The number of anilines is 2. The standard InChI is InChI=1S/C19H21Cl2N3O3/c1-27-11-3-10-22-19(26)13-6-8-14(9-7-13)24-17(25)12-23-16-5-2-4-15(20)18(16)21/h2,4-9,23H,3,10-12H2,1H3,(H,22,26)(H,24,25). The van der Waals surface area contributed by atoms with E-state index in [-0.39, 0.29) is 18.4 Å². The first kappa shape index (κ1) is 21.0. The summed E-state index contributed by atoms with van der Waals surface area (Å²) in [5, 5.41) is 9.27. The molecular weight excluding hydrogens is 389 g/mol. The zero-order valence-corrected chi connectivity index (χ0v) is 16.4. The number of benzene rings is 2. The Balaban J connectivity index is 1.82. The third-order valence-corrected chi connectivity index (χ3v) is 4.45. The molecule has 144 valence electrons. The fourth-order valence-corrected chi connectivity index (χ4v) is 2.61. The molecular formula is C19H21Cl2N3O3. The number of carbonyl (C=O) groups is 2. The lowest BCUT2D eigenvalue weighted by Gasteiger charge is -2.10. The van der Waals surface area contributed by atoms with E-state index in [0.717, 1.165) is 6.42 Å². The highest BCUT2D eigenvalue weighted by atomic mass is 35.5. The van der Waals surface area contributed by atoms with E-state index in [0.29, 0.717) is 40.1 Å². The van der Waals surface area contributed by atoms with Crippen LogP contribution in [0.3, 0.4) is 0 Å². The van der Waals surface area contributed by atoms with Crippen molar-refractivity contribution in [1.29, 1.82) is 0 Å². The van der Waals surface area contributed by atoms with E-state index in [1.54, 1.807) is 49.6 Å². The molecule has 0 aliphatic rings. The summed E-state index contributed by atoms with van der Waals surface area (Å²) in [7, 11) is 1.62. The topological polar surface area (TPSA) is 79.5 Å². The summed E-state index contributed by atoms with van der Waals surface area (Å²) >= 11 is 12.0. The second-order valence-electron chi connectivity index (χ2n) is 5.68. The van der Waals surface area contributed by atoms with Crippen LogP contribution in [0.1, 0.15) is 16.8 Å². The molecule has 0 spiro atoms. The molecule has 0 aromatic heterocycles. The van der Waals surface area contributed by atoms with Gasteiger partial charge < -0.3 is 20.7 Å². The normalized spacial score (nSPS) is 10.3. The van der Waals surface area contributed by atoms with E-state index in [1.165, 1.54) is 0 Å². The minimum Gasteiger partial charge on any atom is -0.385 e. The Bertz CT molecular complexity index is 782. The third kappa shape index (κ3) is 6.75. The summed E-state index contributed by atoms with van der Waals surface area (Å²) in [6.07, 6.45) is 0.750. The highest BCUT2D eigenvalue weighted by Crippen LogP contribution is 2.29. The minimum absolute atomic E-state index is 0.0296. The smallest absolute Gasteiger partial charge is 0.251 e. The molecule has 3 N–H and O–H groups in total. The van der Waals surface area contributed by atoms with Crippen molar-refractivity contribution in [3.05, 3.63) is 58.1 Å². The zero-order valence-electron chi connectivity index (χ0n) is 14.9. The van der Waals surface area contributed by atoms with Crippen LogP contribution in [-0.4, -0.2) is 38.6 Å². The molecule has 0 saturated heterocycles. The lowest BCUT2D eigenvalue weighted by atomic mass is 10.2. The van der Waals surface area contributed by atoms with E-state index >= 15 is 0 Å². The van der Waals surface area contributed by atoms with Crippen LogP contribution in [0.15, 0.2) is 42.5 Å². The largest absolute Gasteiger partial charge is 0.385 e. The van der Waals surface area contributed by atoms with Gasteiger partial charge >= 0.3 is 0 Å². The van der Waals surface area contributed by atoms with Gasteiger partial charge in [-0.25, -0.2) is 0 Å². The maximum absolute atomic E-state index is 12.1. The second kappa shape index (κ2) is 10.8. The number of methoxy groups -OCH3 is 1. The molecule has 8 heteroatoms. The first-order valence-electron chi connectivity index (χ1n) is 8.36. The maximum Gasteiger partial charge on any atom is 0.251 e. The Labute approximate surface area is 168 Å². The van der Waals surface area contributed by atoms with Crippen LogP contribution in [0.2, 0.25) is 10.0 Å². The van der Waals surface area contributed by atoms with Crippen LogP contribution in [-0.2, 0) is 9.53 Å². The van der Waals surface area contributed by atoms with Crippen LogP contribution in [0.25, 0.3) is 0 Å². The zero-order chi connectivity index (χ0) is 19.6. The first-order valence-corrected chi connectivity index (χ1v) is 9.12. The van der Waals surface area contributed by atoms with Gasteiger partial charge in [-0.15, -0.1) is 0 Å². The molecule has 0 aliphatic carbocycles. The minimum atomic E-state index is -0.247. The fraction of sp³-hybridized carbons (Fsp3) is 0.263. The molecule has 6 nitrogen and oxygen atoms in total. The Morgan fingerprint density at radius 3 is 2.52 bits per heavy atom. The maximum atomic E-state index is 12.1. The SMILES string of the molecule is COCCCNC(=O)c1ccc(NC(=O)CNc2cccc(Cl)c2Cl)cc1. The third-order valence-electron chi connectivity index (χ3n) is 3.63. The van der Waals surface area contributed by atoms with E-state index < -0.39 is 0 Å². The molecule has 2 amide bonds. The lowest BCUT2D eigenvalue weighted by Crippen LogP contribution is -2.25. The van der Waals surface area contributed by atoms with Crippen molar-refractivity contribution in [3.63, 3.8) is 0 Å². The summed E-state index contributed by atoms with van der Waals surface area (Å²) in [6.45, 7) is 1.17. The van der Waals surface area contributed by atoms with Gasteiger partial charge in [-0.3, -0.25) is 9.59 Å². The number of amides is 2. The molecule has 0 aliphatic heterocycles. The van der Waals surface area contributed by atoms with Crippen LogP contribution >= 0.6 is 23.2 Å². The van der Waals surface area contributed by atoms with E-state index in [4.69, 9.17) is 27.9 Å². The molecule has 2 aromatic carbocycles. The Hall–Kier alpha value is -2.28. The van der Waals surface area contributed by atoms with E-state index in [2.05, 4.69) is 16.0 Å². The number of carbonyl (C=O) groups excluding carboxylic acids is 2. The molecule has 0 fully saturated rings. The lowest BCUT2D eigenvalue weighted by molar-refractivity contribution is -0.114. The number of hydrogen-bond donors (Lipinski definition) is 3. The summed E-state index contributed by atoms with van der Waals surface area (Å²) in [5.74, 6) is -0.413. The van der Waals surface area contributed by atoms with Gasteiger partial charge in [-0.05, 0) is 42.8 Å². The average Bonchev–Trinajstić information content (AvgIpc) is 2.67. The van der Waals surface area contributed by atoms with Gasteiger partial charge in [0, 0.05) is 31.5 Å². The monoisotopic (exact) mass is 409 g/mol. The quantitative estimate of drug-likeness (QED) is 0.550. The highest BCUT2D eigenvalue weighted by molar-refractivity contribution is 6.43. The van der Waals surface area contributed by atoms with Gasteiger partial charge in [0.1, 0.15) is 0 Å². The summed E-state index contributed by atoms with van der Waals surface area (Å²) in [6, 6.07) is 11.8. The molecule has 2 aromatic rings. The number of nitrogens with one attached hydrogen (secondary N) is 3. The van der Waals surface area contributed by atoms with Gasteiger partial charge in [0.05, 0.1) is 22.3 Å². The number of hydrogen-bond acceptors (Lipinski definition) is 4. The van der Waals surface area contributed by atoms with Crippen LogP contribution in [0, 0.1) is 0 Å². The van der Waals surface area contributed by atoms with E-state index in [9.17, 15) is 9.59 Å². The molecule has 0 radical (unpaired) electrons. The molecule has 0 bridgehead atoms. The highest BCUT2D eigenvalue weighted by Gasteiger charge is 2.08. The van der Waals surface area contributed by atoms with Crippen molar-refractivity contribution in [3.8, 4) is 0 Å². The van der Waals surface area contributed by atoms with Crippen molar-refractivity contribution in [2.24, 2.45) is 0 Å². The van der Waals surface area contributed by atoms with Gasteiger partial charge in [0.25, 0.3) is 5.91 Å². The van der Waals surface area contributed by atoms with Crippen LogP contribution in [0.4, 0.5) is 11.4 Å². The molecule has 27 heavy (non-hydrogen) atoms. The van der Waals surface area contributed by atoms with Crippen molar-refractivity contribution < 1.29 is 14.3 Å². The molecule has 0 heterocycles. The van der Waals surface area contributed by atoms with Crippen molar-refractivity contribution in [2.75, 3.05) is 37.4 Å². The molecule has 0 saturated carbocycles. The molecule has 0 unspecified atom stereocenters. The van der Waals surface area contributed by atoms with Crippen LogP contribution < -0.4 is 16.0 Å². The van der Waals surface area contributed by atoms with Crippen molar-refractivity contribution in [1.82, 2.24) is 5.32 Å². The first-order chi connectivity index (χ1) is 13.0. The Morgan fingerprint density at radius 2 is 1.81 bits per heavy atom. The van der Waals surface area contributed by atoms with Gasteiger partial charge in [-0.2, -0.15) is 0 Å². The Kier molecular flexibility index (Phi) is 8.39. The summed E-state index contributed by atoms with van der Waals surface area (Å²) in [5.41, 5.74) is 1.70. The Morgan fingerprint density at radius 1 is 1.07 bits per heavy atom. The average molecular weight is 410 g/mol. The predicted octanol–water partition coefficient (Wildman–Crippen LogP) is 3.81. The summed E-state index contributed by atoms with van der Waals surface area (Å²) in [4.78, 5) is 24.1. The predicted molar refractivity (Wildman–Crippen MR) is 109 cm³/mol. The number of halogens is 2. The van der Waals surface area contributed by atoms with Crippen molar-refractivity contribution >= 4 is 46.4 Å². The molecule has 2 rings (SSSR count). The fourth-order valence-electron chi connectivity index (χ4n) is 2.25. The second-order valence-corrected chi connectivity index (χ2v) is 6.47. The van der Waals surface area contributed by atoms with E-state index in [1.807, 2.05) is 0 Å². The van der Waals surface area contributed by atoms with Crippen LogP contribution in [0.5, 0.6) is 0 Å². The number of rotatable bonds is 9. The van der Waals surface area contributed by atoms with Crippen molar-refractivity contribution in [2.45, 2.75) is 6.42 Å².